The molecule has 0 radical (unpaired) electrons. The van der Waals surface area contributed by atoms with Gasteiger partial charge in [0.15, 0.2) is 0 Å². The van der Waals surface area contributed by atoms with E-state index in [1.165, 1.54) is 0 Å². The molecule has 1 aliphatic carbocycles. The van der Waals surface area contributed by atoms with Crippen molar-refractivity contribution in [3.8, 4) is 0 Å². The summed E-state index contributed by atoms with van der Waals surface area (Å²) in [5, 5.41) is 10.1. The summed E-state index contributed by atoms with van der Waals surface area (Å²) in [6, 6.07) is 2.84. The van der Waals surface area contributed by atoms with Gasteiger partial charge in [0, 0.05) is 11.6 Å². The van der Waals surface area contributed by atoms with Crippen LogP contribution in [0.4, 0.5) is 22.0 Å². The van der Waals surface area contributed by atoms with Gasteiger partial charge < -0.3 is 5.11 Å². The van der Waals surface area contributed by atoms with E-state index in [9.17, 15) is 27.1 Å². The average Bonchev–Trinajstić information content (AvgIpc) is 2.37. The number of hydrogen-bond acceptors (Lipinski definition) is 1. The van der Waals surface area contributed by atoms with Crippen LogP contribution in [0.25, 0.3) is 0 Å². The summed E-state index contributed by atoms with van der Waals surface area (Å²) in [5.74, 6) is -3.38. The molecule has 0 bridgehead atoms. The highest BCUT2D eigenvalue weighted by atomic mass is 19.4. The third-order valence-electron chi connectivity index (χ3n) is 3.96. The Morgan fingerprint density at radius 2 is 1.65 bits per heavy atom. The average molecular weight is 294 g/mol. The fraction of sp³-hybridized carbons (Fsp3) is 0.571. The fourth-order valence-electron chi connectivity index (χ4n) is 2.76. The molecule has 1 saturated carbocycles. The minimum Gasteiger partial charge on any atom is -0.388 e. The van der Waals surface area contributed by atoms with Crippen LogP contribution >= 0.6 is 0 Å². The summed E-state index contributed by atoms with van der Waals surface area (Å²) in [5.41, 5.74) is -0.0538. The van der Waals surface area contributed by atoms with Crippen molar-refractivity contribution < 1.29 is 27.1 Å². The molecule has 0 spiro atoms. The molecule has 0 amide bonds. The lowest BCUT2D eigenvalue weighted by Gasteiger charge is -2.32. The predicted octanol–water partition coefficient (Wildman–Crippen LogP) is 4.37. The standard InChI is InChI=1S/C14H15F5O/c15-10-5-6-11(12(16)7-10)13(20)8-1-3-9(4-2-8)14(17,18)19/h5-9,13,20H,1-4H2. The molecule has 1 N–H and O–H groups in total. The molecule has 0 heterocycles. The minimum absolute atomic E-state index is 0.0538. The smallest absolute Gasteiger partial charge is 0.388 e. The highest BCUT2D eigenvalue weighted by molar-refractivity contribution is 5.21. The molecule has 6 heteroatoms. The topological polar surface area (TPSA) is 20.2 Å². The quantitative estimate of drug-likeness (QED) is 0.803. The van der Waals surface area contributed by atoms with Crippen molar-refractivity contribution >= 4 is 0 Å². The molecule has 0 saturated heterocycles. The van der Waals surface area contributed by atoms with Gasteiger partial charge in [-0.2, -0.15) is 13.2 Å². The Morgan fingerprint density at radius 1 is 1.05 bits per heavy atom. The van der Waals surface area contributed by atoms with Crippen LogP contribution in [0.1, 0.15) is 37.4 Å². The van der Waals surface area contributed by atoms with Crippen molar-refractivity contribution in [3.05, 3.63) is 35.4 Å². The van der Waals surface area contributed by atoms with Gasteiger partial charge in [-0.3, -0.25) is 0 Å². The monoisotopic (exact) mass is 294 g/mol. The van der Waals surface area contributed by atoms with E-state index in [0.717, 1.165) is 12.1 Å². The van der Waals surface area contributed by atoms with Gasteiger partial charge in [-0.1, -0.05) is 6.07 Å². The second kappa shape index (κ2) is 5.68. The van der Waals surface area contributed by atoms with Gasteiger partial charge in [-0.25, -0.2) is 8.78 Å². The first-order valence-electron chi connectivity index (χ1n) is 6.48. The van der Waals surface area contributed by atoms with Crippen LogP contribution in [-0.2, 0) is 0 Å². The number of rotatable bonds is 2. The maximum Gasteiger partial charge on any atom is 0.391 e. The van der Waals surface area contributed by atoms with E-state index in [1.807, 2.05) is 0 Å². The van der Waals surface area contributed by atoms with E-state index < -0.39 is 35.8 Å². The molecule has 1 unspecified atom stereocenters. The maximum absolute atomic E-state index is 13.5. The lowest BCUT2D eigenvalue weighted by Crippen LogP contribution is -2.29. The summed E-state index contributed by atoms with van der Waals surface area (Å²) >= 11 is 0. The third-order valence-corrected chi connectivity index (χ3v) is 3.96. The molecule has 112 valence electrons. The van der Waals surface area contributed by atoms with E-state index in [0.29, 0.717) is 6.07 Å². The van der Waals surface area contributed by atoms with Gasteiger partial charge in [0.05, 0.1) is 12.0 Å². The number of aliphatic hydroxyl groups is 1. The van der Waals surface area contributed by atoms with Crippen molar-refractivity contribution in [2.24, 2.45) is 11.8 Å². The minimum atomic E-state index is -4.21. The highest BCUT2D eigenvalue weighted by Crippen LogP contribution is 2.43. The summed E-state index contributed by atoms with van der Waals surface area (Å²) in [6.45, 7) is 0. The Bertz CT molecular complexity index is 463. The summed E-state index contributed by atoms with van der Waals surface area (Å²) in [6.07, 6.45) is -5.16. The van der Waals surface area contributed by atoms with Gasteiger partial charge in [0.25, 0.3) is 0 Å². The zero-order valence-electron chi connectivity index (χ0n) is 10.6. The van der Waals surface area contributed by atoms with Crippen molar-refractivity contribution in [1.29, 1.82) is 0 Å². The highest BCUT2D eigenvalue weighted by Gasteiger charge is 2.42. The van der Waals surface area contributed by atoms with Crippen LogP contribution in [0.3, 0.4) is 0 Å². The predicted molar refractivity (Wildman–Crippen MR) is 62.8 cm³/mol. The number of alkyl halides is 3. The second-order valence-electron chi connectivity index (χ2n) is 5.26. The first-order valence-corrected chi connectivity index (χ1v) is 6.48. The summed E-state index contributed by atoms with van der Waals surface area (Å²) < 4.78 is 63.9. The fourth-order valence-corrected chi connectivity index (χ4v) is 2.76. The Hall–Kier alpha value is -1.17. The van der Waals surface area contributed by atoms with Crippen LogP contribution < -0.4 is 0 Å². The van der Waals surface area contributed by atoms with E-state index in [1.54, 1.807) is 0 Å². The molecule has 1 aromatic carbocycles. The Labute approximate surface area is 113 Å². The lowest BCUT2D eigenvalue weighted by molar-refractivity contribution is -0.185. The molecule has 1 aliphatic rings. The molecule has 0 aliphatic heterocycles. The van der Waals surface area contributed by atoms with Crippen molar-refractivity contribution in [2.75, 3.05) is 0 Å². The SMILES string of the molecule is OC(c1ccc(F)cc1F)C1CCC(C(F)(F)F)CC1. The van der Waals surface area contributed by atoms with Gasteiger partial charge in [-0.15, -0.1) is 0 Å². The van der Waals surface area contributed by atoms with Crippen LogP contribution in [0, 0.1) is 23.5 Å². The molecule has 1 fully saturated rings. The van der Waals surface area contributed by atoms with Crippen LogP contribution in [0.15, 0.2) is 18.2 Å². The molecular formula is C14H15F5O. The maximum atomic E-state index is 13.5. The van der Waals surface area contributed by atoms with Gasteiger partial charge in [-0.05, 0) is 37.7 Å². The van der Waals surface area contributed by atoms with E-state index >= 15 is 0 Å². The molecule has 0 aromatic heterocycles. The number of aliphatic hydroxyl groups excluding tert-OH is 1. The summed E-state index contributed by atoms with van der Waals surface area (Å²) in [4.78, 5) is 0. The Balaban J connectivity index is 2.03. The van der Waals surface area contributed by atoms with Crippen LogP contribution in [-0.4, -0.2) is 11.3 Å². The first-order chi connectivity index (χ1) is 9.29. The van der Waals surface area contributed by atoms with Crippen molar-refractivity contribution in [3.63, 3.8) is 0 Å². The van der Waals surface area contributed by atoms with Gasteiger partial charge in [0.1, 0.15) is 11.6 Å². The van der Waals surface area contributed by atoms with Crippen molar-refractivity contribution in [2.45, 2.75) is 38.0 Å². The summed E-state index contributed by atoms with van der Waals surface area (Å²) in [7, 11) is 0. The molecule has 20 heavy (non-hydrogen) atoms. The second-order valence-corrected chi connectivity index (χ2v) is 5.26. The Morgan fingerprint density at radius 3 is 2.15 bits per heavy atom. The van der Waals surface area contributed by atoms with E-state index in [4.69, 9.17) is 0 Å². The zero-order valence-corrected chi connectivity index (χ0v) is 10.6. The van der Waals surface area contributed by atoms with E-state index in [-0.39, 0.29) is 31.2 Å². The third kappa shape index (κ3) is 3.29. The number of halogens is 5. The molecule has 1 nitrogen and oxygen atoms in total. The molecule has 1 atom stereocenters. The van der Waals surface area contributed by atoms with Crippen molar-refractivity contribution in [1.82, 2.24) is 0 Å². The van der Waals surface area contributed by atoms with Gasteiger partial charge >= 0.3 is 6.18 Å². The Kier molecular flexibility index (Phi) is 4.32. The largest absolute Gasteiger partial charge is 0.391 e. The lowest BCUT2D eigenvalue weighted by atomic mass is 9.77. The zero-order chi connectivity index (χ0) is 14.9. The molecule has 2 rings (SSSR count). The van der Waals surface area contributed by atoms with Crippen LogP contribution in [0.5, 0.6) is 0 Å². The molecular weight excluding hydrogens is 279 g/mol. The molecule has 1 aromatic rings. The van der Waals surface area contributed by atoms with Crippen LogP contribution in [0.2, 0.25) is 0 Å². The van der Waals surface area contributed by atoms with Gasteiger partial charge in [0.2, 0.25) is 0 Å². The first kappa shape index (κ1) is 15.2. The van der Waals surface area contributed by atoms with E-state index in [2.05, 4.69) is 0 Å². The number of benzene rings is 1. The normalized spacial score (nSPS) is 25.5. The number of hydrogen-bond donors (Lipinski definition) is 1.